The predicted molar refractivity (Wildman–Crippen MR) is 133 cm³/mol. The molecule has 30 heavy (non-hydrogen) atoms. The molecule has 2 aromatic carbocycles. The molecule has 0 bridgehead atoms. The Morgan fingerprint density at radius 3 is 1.40 bits per heavy atom. The average Bonchev–Trinajstić information content (AvgIpc) is 2.59. The number of hydrogen-bond acceptors (Lipinski definition) is 3. The molecule has 0 saturated carbocycles. The van der Waals surface area contributed by atoms with Gasteiger partial charge in [-0.25, -0.2) is 0 Å². The van der Waals surface area contributed by atoms with E-state index in [1.54, 1.807) is 0 Å². The van der Waals surface area contributed by atoms with Crippen molar-refractivity contribution in [1.29, 1.82) is 0 Å². The van der Waals surface area contributed by atoms with Crippen LogP contribution in [0.1, 0.15) is 51.9 Å². The van der Waals surface area contributed by atoms with Crippen molar-refractivity contribution in [1.82, 2.24) is 0 Å². The Morgan fingerprint density at radius 1 is 0.667 bits per heavy atom. The number of carbonyl (C=O) groups is 1. The maximum atomic E-state index is 11.0. The second-order valence-corrected chi connectivity index (χ2v) is 20.6. The molecule has 0 heterocycles. The summed E-state index contributed by atoms with van der Waals surface area (Å²) < 4.78 is 13.3. The number of carbonyl (C=O) groups excluding carboxylic acids is 1. The maximum Gasteiger partial charge on any atom is 0.250 e. The molecule has 0 atom stereocenters. The summed E-state index contributed by atoms with van der Waals surface area (Å²) in [5, 5.41) is 0.212. The van der Waals surface area contributed by atoms with Gasteiger partial charge in [-0.2, -0.15) is 0 Å². The van der Waals surface area contributed by atoms with E-state index < -0.39 is 16.6 Å². The van der Waals surface area contributed by atoms with E-state index in [-0.39, 0.29) is 10.1 Å². The van der Waals surface area contributed by atoms with Gasteiger partial charge < -0.3 is 8.85 Å². The fourth-order valence-electron chi connectivity index (χ4n) is 2.51. The Hall–Kier alpha value is -1.86. The van der Waals surface area contributed by atoms with Gasteiger partial charge in [0.2, 0.25) is 16.6 Å². The van der Waals surface area contributed by atoms with Gasteiger partial charge >= 0.3 is 0 Å². The summed E-state index contributed by atoms with van der Waals surface area (Å²) in [5.74, 6) is 1.71. The molecule has 164 valence electrons. The molecule has 0 unspecified atom stereocenters. The number of benzene rings is 2. The standard InChI is InChI=1S/C25H38O3Si2/c1-24(2,3)29(7,8)27-22-15-21(20-13-11-19(18-26)12-14-20)16-23(17-22)28-30(9,10)25(4,5)6/h11-18H,1-10H3. The molecule has 2 aromatic rings. The minimum absolute atomic E-state index is 0.106. The third kappa shape index (κ3) is 5.64. The van der Waals surface area contributed by atoms with Crippen LogP contribution >= 0.6 is 0 Å². The van der Waals surface area contributed by atoms with Crippen LogP contribution in [0, 0.1) is 0 Å². The maximum absolute atomic E-state index is 11.0. The molecule has 2 rings (SSSR count). The highest BCUT2D eigenvalue weighted by molar-refractivity contribution is 6.75. The summed E-state index contributed by atoms with van der Waals surface area (Å²) in [6, 6.07) is 13.9. The fourth-order valence-corrected chi connectivity index (χ4v) is 4.53. The molecule has 0 spiro atoms. The summed E-state index contributed by atoms with van der Waals surface area (Å²) in [6.07, 6.45) is 0.868. The van der Waals surface area contributed by atoms with E-state index in [4.69, 9.17) is 8.85 Å². The van der Waals surface area contributed by atoms with Crippen LogP contribution in [0.15, 0.2) is 42.5 Å². The Balaban J connectivity index is 2.54. The highest BCUT2D eigenvalue weighted by Gasteiger charge is 2.40. The minimum atomic E-state index is -1.99. The van der Waals surface area contributed by atoms with Crippen molar-refractivity contribution < 1.29 is 13.6 Å². The van der Waals surface area contributed by atoms with Crippen molar-refractivity contribution in [3.05, 3.63) is 48.0 Å². The van der Waals surface area contributed by atoms with Crippen LogP contribution in [-0.2, 0) is 0 Å². The van der Waals surface area contributed by atoms with E-state index >= 15 is 0 Å². The van der Waals surface area contributed by atoms with Gasteiger partial charge in [0, 0.05) is 11.6 Å². The zero-order valence-electron chi connectivity index (χ0n) is 20.3. The Bertz CT molecular complexity index is 840. The summed E-state index contributed by atoms with van der Waals surface area (Å²) in [7, 11) is -3.99. The highest BCUT2D eigenvalue weighted by atomic mass is 28.4. The lowest BCUT2D eigenvalue weighted by atomic mass is 10.0. The summed E-state index contributed by atoms with van der Waals surface area (Å²) >= 11 is 0. The third-order valence-corrected chi connectivity index (χ3v) is 15.3. The van der Waals surface area contributed by atoms with Gasteiger partial charge in [-0.1, -0.05) is 65.8 Å². The van der Waals surface area contributed by atoms with E-state index in [9.17, 15) is 4.79 Å². The second kappa shape index (κ2) is 8.35. The Kier molecular flexibility index (Phi) is 6.79. The summed E-state index contributed by atoms with van der Waals surface area (Å²) in [5.41, 5.74) is 2.75. The van der Waals surface area contributed by atoms with Gasteiger partial charge in [-0.15, -0.1) is 0 Å². The van der Waals surface area contributed by atoms with Crippen LogP contribution in [0.2, 0.25) is 36.3 Å². The topological polar surface area (TPSA) is 35.5 Å². The third-order valence-electron chi connectivity index (χ3n) is 6.62. The molecule has 0 fully saturated rings. The largest absolute Gasteiger partial charge is 0.543 e. The van der Waals surface area contributed by atoms with Crippen molar-refractivity contribution >= 4 is 22.9 Å². The molecule has 0 aliphatic heterocycles. The van der Waals surface area contributed by atoms with Gasteiger partial charge in [-0.3, -0.25) is 4.79 Å². The Labute approximate surface area is 185 Å². The smallest absolute Gasteiger partial charge is 0.250 e. The SMILES string of the molecule is CC(C)(C)[Si](C)(C)Oc1cc(O[Si](C)(C)C(C)(C)C)cc(-c2ccc(C=O)cc2)c1. The normalized spacial score (nSPS) is 13.1. The van der Waals surface area contributed by atoms with Crippen molar-refractivity contribution in [2.24, 2.45) is 0 Å². The van der Waals surface area contributed by atoms with Crippen LogP contribution in [0.3, 0.4) is 0 Å². The molecular formula is C25H38O3Si2. The van der Waals surface area contributed by atoms with E-state index in [0.29, 0.717) is 5.56 Å². The first kappa shape index (κ1) is 24.4. The molecule has 3 nitrogen and oxygen atoms in total. The summed E-state index contributed by atoms with van der Waals surface area (Å²) in [6.45, 7) is 22.5. The molecule has 0 aliphatic rings. The molecule has 0 aliphatic carbocycles. The van der Waals surface area contributed by atoms with Gasteiger partial charge in [-0.05, 0) is 59.5 Å². The van der Waals surface area contributed by atoms with E-state index in [1.165, 1.54) is 0 Å². The van der Waals surface area contributed by atoms with Crippen LogP contribution in [0.4, 0.5) is 0 Å². The summed E-state index contributed by atoms with van der Waals surface area (Å²) in [4.78, 5) is 11.0. The molecule has 0 amide bonds. The average molecular weight is 443 g/mol. The van der Waals surface area contributed by atoms with Crippen molar-refractivity contribution in [2.75, 3.05) is 0 Å². The Morgan fingerprint density at radius 2 is 1.07 bits per heavy atom. The highest BCUT2D eigenvalue weighted by Crippen LogP contribution is 2.42. The lowest BCUT2D eigenvalue weighted by molar-refractivity contribution is 0.112. The molecule has 0 N–H and O–H groups in total. The predicted octanol–water partition coefficient (Wildman–Crippen LogP) is 7.93. The van der Waals surface area contributed by atoms with Crippen LogP contribution in [-0.4, -0.2) is 22.9 Å². The van der Waals surface area contributed by atoms with E-state index in [1.807, 2.05) is 30.3 Å². The molecule has 0 saturated heterocycles. The molecule has 0 radical (unpaired) electrons. The number of hydrogen-bond donors (Lipinski definition) is 0. The van der Waals surface area contributed by atoms with Gasteiger partial charge in [0.1, 0.15) is 17.8 Å². The fraction of sp³-hybridized carbons (Fsp3) is 0.480. The van der Waals surface area contributed by atoms with Crippen LogP contribution < -0.4 is 8.85 Å². The first-order valence-corrected chi connectivity index (χ1v) is 16.5. The minimum Gasteiger partial charge on any atom is -0.543 e. The van der Waals surface area contributed by atoms with Crippen LogP contribution in [0.5, 0.6) is 11.5 Å². The zero-order valence-corrected chi connectivity index (χ0v) is 22.3. The van der Waals surface area contributed by atoms with Crippen LogP contribution in [0.25, 0.3) is 11.1 Å². The first-order valence-electron chi connectivity index (χ1n) is 10.6. The van der Waals surface area contributed by atoms with E-state index in [2.05, 4.69) is 79.9 Å². The monoisotopic (exact) mass is 442 g/mol. The quantitative estimate of drug-likeness (QED) is 0.336. The molecule has 5 heteroatoms. The van der Waals surface area contributed by atoms with Crippen molar-refractivity contribution in [3.63, 3.8) is 0 Å². The first-order chi connectivity index (χ1) is 13.6. The number of rotatable bonds is 6. The molecular weight excluding hydrogens is 404 g/mol. The van der Waals surface area contributed by atoms with Crippen molar-refractivity contribution in [2.45, 2.75) is 77.8 Å². The number of aldehydes is 1. The zero-order chi connectivity index (χ0) is 23.0. The van der Waals surface area contributed by atoms with Gasteiger partial charge in [0.15, 0.2) is 0 Å². The second-order valence-electron chi connectivity index (χ2n) is 11.2. The lowest BCUT2D eigenvalue weighted by Crippen LogP contribution is -2.44. The van der Waals surface area contributed by atoms with Gasteiger partial charge in [0.05, 0.1) is 0 Å². The lowest BCUT2D eigenvalue weighted by Gasteiger charge is -2.38. The van der Waals surface area contributed by atoms with E-state index in [0.717, 1.165) is 28.9 Å². The van der Waals surface area contributed by atoms with Crippen molar-refractivity contribution in [3.8, 4) is 22.6 Å². The molecule has 0 aromatic heterocycles. The van der Waals surface area contributed by atoms with Gasteiger partial charge in [0.25, 0.3) is 0 Å².